The van der Waals surface area contributed by atoms with Crippen molar-refractivity contribution < 1.29 is 13.9 Å². The number of hydrogen-bond acceptors (Lipinski definition) is 7. The van der Waals surface area contributed by atoms with E-state index in [1.54, 1.807) is 18.2 Å². The number of aryl methyl sites for hydroxylation is 1. The third-order valence-electron chi connectivity index (χ3n) is 5.63. The fraction of sp³-hybridized carbons (Fsp3) is 0.250. The van der Waals surface area contributed by atoms with Crippen LogP contribution in [0.2, 0.25) is 0 Å². The molecule has 1 fully saturated rings. The van der Waals surface area contributed by atoms with Crippen LogP contribution in [-0.4, -0.2) is 48.2 Å². The highest BCUT2D eigenvalue weighted by molar-refractivity contribution is 5.83. The van der Waals surface area contributed by atoms with Gasteiger partial charge in [-0.15, -0.1) is 0 Å². The number of fused-ring (bicyclic) bond motifs is 1. The number of H-pyrrole nitrogens is 1. The number of halogens is 1. The Labute approximate surface area is 190 Å². The minimum absolute atomic E-state index is 0.0600. The molecule has 2 aromatic heterocycles. The molecule has 3 heterocycles. The summed E-state index contributed by atoms with van der Waals surface area (Å²) in [7, 11) is 1.50. The van der Waals surface area contributed by atoms with Gasteiger partial charge in [-0.05, 0) is 49.4 Å². The average Bonchev–Trinajstić information content (AvgIpc) is 3.23. The van der Waals surface area contributed by atoms with Gasteiger partial charge in [-0.3, -0.25) is 0 Å². The van der Waals surface area contributed by atoms with Crippen LogP contribution >= 0.6 is 0 Å². The molecule has 5 rings (SSSR count). The van der Waals surface area contributed by atoms with Crippen molar-refractivity contribution in [2.45, 2.75) is 6.92 Å². The first-order valence-electron chi connectivity index (χ1n) is 10.8. The number of nitrogens with one attached hydrogen (secondary N) is 3. The second kappa shape index (κ2) is 8.95. The van der Waals surface area contributed by atoms with Gasteiger partial charge in [0, 0.05) is 54.2 Å². The van der Waals surface area contributed by atoms with Crippen molar-refractivity contribution in [2.75, 3.05) is 43.5 Å². The predicted molar refractivity (Wildman–Crippen MR) is 126 cm³/mol. The van der Waals surface area contributed by atoms with E-state index in [4.69, 9.17) is 9.47 Å². The zero-order valence-electron chi connectivity index (χ0n) is 18.5. The molecule has 8 nitrogen and oxygen atoms in total. The fourth-order valence-electron chi connectivity index (χ4n) is 3.99. The molecule has 0 atom stereocenters. The van der Waals surface area contributed by atoms with Gasteiger partial charge in [-0.2, -0.15) is 4.98 Å². The number of aromatic amines is 1. The molecular weight excluding hydrogens is 423 g/mol. The lowest BCUT2D eigenvalue weighted by Crippen LogP contribution is -2.43. The number of rotatable bonds is 6. The second-order valence-corrected chi connectivity index (χ2v) is 7.86. The smallest absolute Gasteiger partial charge is 0.268 e. The first kappa shape index (κ1) is 21.0. The number of hydrogen-bond donors (Lipinski definition) is 3. The second-order valence-electron chi connectivity index (χ2n) is 7.86. The summed E-state index contributed by atoms with van der Waals surface area (Å²) in [5.74, 6) is 0.433. The van der Waals surface area contributed by atoms with Gasteiger partial charge in [0.25, 0.3) is 5.88 Å². The molecule has 1 aliphatic heterocycles. The summed E-state index contributed by atoms with van der Waals surface area (Å²) in [6.07, 6.45) is 1.35. The third-order valence-corrected chi connectivity index (χ3v) is 5.63. The molecule has 9 heteroatoms. The lowest BCUT2D eigenvalue weighted by Gasteiger charge is -2.29. The minimum atomic E-state index is -0.462. The van der Waals surface area contributed by atoms with Crippen LogP contribution in [0.25, 0.3) is 10.9 Å². The zero-order valence-corrected chi connectivity index (χ0v) is 18.5. The molecule has 0 unspecified atom stereocenters. The Morgan fingerprint density at radius 2 is 1.85 bits per heavy atom. The zero-order chi connectivity index (χ0) is 22.8. The quantitative estimate of drug-likeness (QED) is 0.404. The number of aromatic nitrogens is 3. The van der Waals surface area contributed by atoms with Crippen molar-refractivity contribution in [2.24, 2.45) is 0 Å². The van der Waals surface area contributed by atoms with E-state index in [9.17, 15) is 4.39 Å². The van der Waals surface area contributed by atoms with E-state index in [0.29, 0.717) is 16.7 Å². The highest BCUT2D eigenvalue weighted by atomic mass is 19.1. The number of anilines is 3. The lowest BCUT2D eigenvalue weighted by atomic mass is 10.2. The summed E-state index contributed by atoms with van der Waals surface area (Å²) in [6.45, 7) is 5.81. The molecule has 3 N–H and O–H groups in total. The molecule has 0 aliphatic carbocycles. The maximum absolute atomic E-state index is 15.0. The summed E-state index contributed by atoms with van der Waals surface area (Å²) < 4.78 is 26.3. The number of benzene rings is 2. The summed E-state index contributed by atoms with van der Waals surface area (Å²) in [6, 6.07) is 13.2. The molecule has 0 amide bonds. The van der Waals surface area contributed by atoms with Crippen molar-refractivity contribution in [3.05, 3.63) is 60.3 Å². The van der Waals surface area contributed by atoms with Gasteiger partial charge in [-0.25, -0.2) is 9.37 Å². The highest BCUT2D eigenvalue weighted by Crippen LogP contribution is 2.38. The van der Waals surface area contributed by atoms with Crippen molar-refractivity contribution in [1.82, 2.24) is 20.3 Å². The highest BCUT2D eigenvalue weighted by Gasteiger charge is 2.18. The van der Waals surface area contributed by atoms with E-state index in [1.165, 1.54) is 19.1 Å². The fourth-order valence-corrected chi connectivity index (χ4v) is 3.99. The molecule has 2 aromatic carbocycles. The summed E-state index contributed by atoms with van der Waals surface area (Å²) in [4.78, 5) is 13.9. The topological polar surface area (TPSA) is 87.3 Å². The summed E-state index contributed by atoms with van der Waals surface area (Å²) in [5.41, 5.74) is 3.59. The number of ether oxygens (including phenoxy) is 2. The van der Waals surface area contributed by atoms with E-state index in [-0.39, 0.29) is 17.4 Å². The van der Waals surface area contributed by atoms with Gasteiger partial charge in [0.05, 0.1) is 7.11 Å². The Morgan fingerprint density at radius 1 is 1.06 bits per heavy atom. The predicted octanol–water partition coefficient (Wildman–Crippen LogP) is 4.36. The van der Waals surface area contributed by atoms with Crippen LogP contribution in [0.3, 0.4) is 0 Å². The standard InChI is InChI=1S/C24H25FN6O2/c1-15-13-18-19(29-15)7-8-20(21(18)25)33-24-22(32-2)23(27-14-28-24)30-16-3-5-17(6-4-16)31-11-9-26-10-12-31/h3-8,13-14,26,29H,9-12H2,1-2H3,(H,27,28,30). The normalized spacial score (nSPS) is 13.8. The van der Waals surface area contributed by atoms with Gasteiger partial charge >= 0.3 is 0 Å². The molecule has 33 heavy (non-hydrogen) atoms. The van der Waals surface area contributed by atoms with E-state index in [1.807, 2.05) is 19.1 Å². The number of nitrogens with zero attached hydrogens (tertiary/aromatic N) is 3. The van der Waals surface area contributed by atoms with Crippen LogP contribution in [-0.2, 0) is 0 Å². The van der Waals surface area contributed by atoms with Crippen LogP contribution in [0.15, 0.2) is 48.8 Å². The van der Waals surface area contributed by atoms with Gasteiger partial charge in [0.1, 0.15) is 6.33 Å². The Bertz CT molecular complexity index is 1270. The van der Waals surface area contributed by atoms with Gasteiger partial charge < -0.3 is 30.0 Å². The maximum atomic E-state index is 15.0. The molecular formula is C24H25FN6O2. The van der Waals surface area contributed by atoms with E-state index < -0.39 is 5.82 Å². The number of methoxy groups -OCH3 is 1. The minimum Gasteiger partial charge on any atom is -0.489 e. The molecule has 0 spiro atoms. The molecule has 0 bridgehead atoms. The van der Waals surface area contributed by atoms with Crippen LogP contribution in [0.1, 0.15) is 5.69 Å². The Kier molecular flexibility index (Phi) is 5.70. The molecule has 170 valence electrons. The monoisotopic (exact) mass is 448 g/mol. The van der Waals surface area contributed by atoms with Gasteiger partial charge in [0.15, 0.2) is 17.4 Å². The van der Waals surface area contributed by atoms with Gasteiger partial charge in [0.2, 0.25) is 5.75 Å². The molecule has 1 saturated heterocycles. The van der Waals surface area contributed by atoms with E-state index >= 15 is 0 Å². The van der Waals surface area contributed by atoms with Crippen LogP contribution in [0, 0.1) is 12.7 Å². The number of piperazine rings is 1. The maximum Gasteiger partial charge on any atom is 0.268 e. The van der Waals surface area contributed by atoms with Crippen molar-refractivity contribution >= 4 is 28.1 Å². The Balaban J connectivity index is 1.38. The largest absolute Gasteiger partial charge is 0.489 e. The van der Waals surface area contributed by atoms with Crippen molar-refractivity contribution in [3.63, 3.8) is 0 Å². The van der Waals surface area contributed by atoms with Crippen LogP contribution in [0.5, 0.6) is 17.4 Å². The molecule has 1 aliphatic rings. The van der Waals surface area contributed by atoms with Crippen molar-refractivity contribution in [3.8, 4) is 17.4 Å². The third kappa shape index (κ3) is 4.27. The van der Waals surface area contributed by atoms with Gasteiger partial charge in [-0.1, -0.05) is 0 Å². The molecule has 4 aromatic rings. The Hall–Kier alpha value is -3.85. The average molecular weight is 449 g/mol. The van der Waals surface area contributed by atoms with Crippen LogP contribution < -0.4 is 25.0 Å². The van der Waals surface area contributed by atoms with E-state index in [2.05, 4.69) is 42.6 Å². The molecule has 0 saturated carbocycles. The summed E-state index contributed by atoms with van der Waals surface area (Å²) in [5, 5.41) is 7.06. The van der Waals surface area contributed by atoms with E-state index in [0.717, 1.165) is 37.6 Å². The first-order chi connectivity index (χ1) is 16.1. The van der Waals surface area contributed by atoms with Crippen molar-refractivity contribution in [1.29, 1.82) is 0 Å². The Morgan fingerprint density at radius 3 is 2.61 bits per heavy atom. The summed E-state index contributed by atoms with van der Waals surface area (Å²) >= 11 is 0. The molecule has 0 radical (unpaired) electrons. The lowest BCUT2D eigenvalue weighted by molar-refractivity contribution is 0.361. The van der Waals surface area contributed by atoms with Crippen LogP contribution in [0.4, 0.5) is 21.6 Å². The SMILES string of the molecule is COc1c(Nc2ccc(N3CCNCC3)cc2)ncnc1Oc1ccc2[nH]c(C)cc2c1F. The first-order valence-corrected chi connectivity index (χ1v) is 10.8.